The fourth-order valence-electron chi connectivity index (χ4n) is 9.99. The summed E-state index contributed by atoms with van der Waals surface area (Å²) < 4.78 is 48.3. The zero-order chi connectivity index (χ0) is 38.8. The number of aromatic amines is 1. The molecule has 6 heterocycles. The molecule has 4 aliphatic heterocycles. The number of amides is 1. The SMILES string of the molecule is C=CC(=O)N1CC2(CCN(c3nc(C4CCN(C5CCN(C6CC6)CC5)CC4)nc4c(OCC(F)(F)F)c(-c5c(C)ccc6[nH]ncc56)c(C=C)cc34)CC2)C1. The molecule has 2 aromatic carbocycles. The van der Waals surface area contributed by atoms with E-state index < -0.39 is 12.8 Å². The number of H-pyrrole nitrogens is 1. The lowest BCUT2D eigenvalue weighted by molar-refractivity contribution is -0.153. The van der Waals surface area contributed by atoms with Gasteiger partial charge in [0, 0.05) is 65.9 Å². The van der Waals surface area contributed by atoms with Crippen LogP contribution in [0.5, 0.6) is 5.75 Å². The Morgan fingerprint density at radius 2 is 1.61 bits per heavy atom. The number of nitrogens with zero attached hydrogens (tertiary/aromatic N) is 7. The van der Waals surface area contributed by atoms with E-state index in [9.17, 15) is 18.0 Å². The highest BCUT2D eigenvalue weighted by Gasteiger charge is 2.47. The van der Waals surface area contributed by atoms with Crippen molar-refractivity contribution in [1.82, 2.24) is 34.9 Å². The predicted molar refractivity (Wildman–Crippen MR) is 213 cm³/mol. The van der Waals surface area contributed by atoms with Gasteiger partial charge in [0.25, 0.3) is 0 Å². The summed E-state index contributed by atoms with van der Waals surface area (Å²) in [5, 5.41) is 8.71. The number of fused-ring (bicyclic) bond motifs is 2. The van der Waals surface area contributed by atoms with Crippen LogP contribution in [0.4, 0.5) is 19.0 Å². The van der Waals surface area contributed by atoms with Crippen LogP contribution in [0.2, 0.25) is 0 Å². The van der Waals surface area contributed by atoms with Crippen LogP contribution in [-0.2, 0) is 4.79 Å². The van der Waals surface area contributed by atoms with E-state index in [1.54, 1.807) is 12.3 Å². The number of alkyl halides is 3. The molecule has 2 aromatic heterocycles. The summed E-state index contributed by atoms with van der Waals surface area (Å²) in [6, 6.07) is 7.23. The predicted octanol–water partition coefficient (Wildman–Crippen LogP) is 7.49. The summed E-state index contributed by atoms with van der Waals surface area (Å²) in [5.41, 5.74) is 3.95. The van der Waals surface area contributed by atoms with E-state index in [0.717, 1.165) is 72.7 Å². The van der Waals surface area contributed by atoms with Gasteiger partial charge in [0.2, 0.25) is 5.91 Å². The number of piperidine rings is 3. The van der Waals surface area contributed by atoms with Gasteiger partial charge in [0.05, 0.1) is 11.7 Å². The zero-order valence-corrected chi connectivity index (χ0v) is 32.2. The monoisotopic (exact) mass is 768 g/mol. The van der Waals surface area contributed by atoms with Crippen LogP contribution in [-0.4, -0.2) is 118 Å². The second-order valence-corrected chi connectivity index (χ2v) is 16.9. The number of anilines is 1. The molecule has 1 amide bonds. The Morgan fingerprint density at radius 1 is 0.929 bits per heavy atom. The van der Waals surface area contributed by atoms with E-state index in [1.807, 2.05) is 30.0 Å². The highest BCUT2D eigenvalue weighted by atomic mass is 19.4. The third kappa shape index (κ3) is 6.95. The lowest BCUT2D eigenvalue weighted by atomic mass is 9.72. The maximum atomic E-state index is 14.1. The standard InChI is InChI=1S/C43H51F3N8O2/c1-4-28-22-32-38(39(56-26-43(44,45)46)37(28)36-27(3)6-9-34-33(36)23-47-50-34)48-40(29-10-16-51(17-11-29)31-12-18-52(19-13-31)30-7-8-30)49-41(32)53-20-14-42(15-21-53)24-54(25-42)35(55)5-2/h4-6,9,22-23,29-31H,1-2,7-8,10-21,24-26H2,3H3,(H,47,50). The highest BCUT2D eigenvalue weighted by Crippen LogP contribution is 2.48. The molecular formula is C43H51F3N8O2. The fraction of sp³-hybridized carbons (Fsp3) is 0.535. The van der Waals surface area contributed by atoms with Gasteiger partial charge >= 0.3 is 6.18 Å². The van der Waals surface area contributed by atoms with Crippen molar-refractivity contribution in [2.75, 3.05) is 63.9 Å². The minimum absolute atomic E-state index is 0.0419. The second-order valence-electron chi connectivity index (χ2n) is 16.9. The first kappa shape index (κ1) is 37.1. The summed E-state index contributed by atoms with van der Waals surface area (Å²) in [7, 11) is 0. The number of carbonyl (C=O) groups excluding carboxylic acids is 1. The van der Waals surface area contributed by atoms with Gasteiger partial charge in [-0.2, -0.15) is 18.3 Å². The molecule has 0 atom stereocenters. The van der Waals surface area contributed by atoms with Crippen molar-refractivity contribution in [3.8, 4) is 16.9 Å². The summed E-state index contributed by atoms with van der Waals surface area (Å²) in [6.07, 6.45) is 8.78. The third-order valence-corrected chi connectivity index (χ3v) is 13.3. The Hall–Kier alpha value is -4.49. The minimum atomic E-state index is -4.57. The Morgan fingerprint density at radius 3 is 2.25 bits per heavy atom. The lowest BCUT2D eigenvalue weighted by Crippen LogP contribution is -2.61. The summed E-state index contributed by atoms with van der Waals surface area (Å²) in [5.74, 6) is 1.48. The number of rotatable bonds is 9. The molecule has 0 unspecified atom stereocenters. The molecule has 0 bridgehead atoms. The molecule has 13 heteroatoms. The average Bonchev–Trinajstić information content (AvgIpc) is 3.94. The van der Waals surface area contributed by atoms with Crippen molar-refractivity contribution in [3.05, 3.63) is 60.6 Å². The molecule has 1 N–H and O–H groups in total. The fourth-order valence-corrected chi connectivity index (χ4v) is 9.99. The van der Waals surface area contributed by atoms with Crippen molar-refractivity contribution in [1.29, 1.82) is 0 Å². The molecule has 5 aliphatic rings. The van der Waals surface area contributed by atoms with Crippen molar-refractivity contribution in [2.24, 2.45) is 5.41 Å². The summed E-state index contributed by atoms with van der Waals surface area (Å²) >= 11 is 0. The Bertz CT molecular complexity index is 2150. The number of hydrogen-bond donors (Lipinski definition) is 1. The molecule has 10 nitrogen and oxygen atoms in total. The van der Waals surface area contributed by atoms with Crippen LogP contribution < -0.4 is 9.64 Å². The maximum absolute atomic E-state index is 14.1. The first-order chi connectivity index (χ1) is 27.0. The first-order valence-corrected chi connectivity index (χ1v) is 20.3. The van der Waals surface area contributed by atoms with Gasteiger partial charge in [0.15, 0.2) is 12.4 Å². The van der Waals surface area contributed by atoms with Gasteiger partial charge in [0.1, 0.15) is 17.2 Å². The van der Waals surface area contributed by atoms with Crippen molar-refractivity contribution >= 4 is 39.6 Å². The van der Waals surface area contributed by atoms with Crippen LogP contribution in [0.3, 0.4) is 0 Å². The maximum Gasteiger partial charge on any atom is 0.422 e. The molecule has 1 spiro atoms. The number of likely N-dealkylation sites (tertiary alicyclic amines) is 3. The van der Waals surface area contributed by atoms with Gasteiger partial charge in [-0.05, 0) is 119 Å². The van der Waals surface area contributed by atoms with Gasteiger partial charge in [-0.15, -0.1) is 0 Å². The molecule has 56 heavy (non-hydrogen) atoms. The molecular weight excluding hydrogens is 718 g/mol. The van der Waals surface area contributed by atoms with E-state index in [0.29, 0.717) is 60.1 Å². The van der Waals surface area contributed by atoms with Crippen molar-refractivity contribution in [2.45, 2.75) is 82.5 Å². The highest BCUT2D eigenvalue weighted by molar-refractivity contribution is 6.07. The van der Waals surface area contributed by atoms with Crippen LogP contribution >= 0.6 is 0 Å². The van der Waals surface area contributed by atoms with Crippen LogP contribution in [0, 0.1) is 12.3 Å². The summed E-state index contributed by atoms with van der Waals surface area (Å²) in [6.45, 7) is 15.3. The van der Waals surface area contributed by atoms with Gasteiger partial charge in [-0.3, -0.25) is 9.89 Å². The topological polar surface area (TPSA) is 93.7 Å². The quantitative estimate of drug-likeness (QED) is 0.175. The second kappa shape index (κ2) is 14.5. The van der Waals surface area contributed by atoms with E-state index in [2.05, 4.69) is 38.1 Å². The molecule has 9 rings (SSSR count). The summed E-state index contributed by atoms with van der Waals surface area (Å²) in [4.78, 5) is 32.3. The Labute approximate surface area is 325 Å². The molecule has 1 saturated carbocycles. The molecule has 0 radical (unpaired) electrons. The number of aromatic nitrogens is 4. The van der Waals surface area contributed by atoms with E-state index >= 15 is 0 Å². The Kier molecular flexibility index (Phi) is 9.59. The largest absolute Gasteiger partial charge is 0.481 e. The van der Waals surface area contributed by atoms with Crippen LogP contribution in [0.15, 0.2) is 43.6 Å². The van der Waals surface area contributed by atoms with E-state index in [-0.39, 0.29) is 23.0 Å². The van der Waals surface area contributed by atoms with E-state index in [4.69, 9.17) is 14.7 Å². The number of benzene rings is 2. The molecule has 5 fully saturated rings. The average molecular weight is 769 g/mol. The number of halogens is 3. The normalized spacial score (nSPS) is 21.5. The molecule has 1 aliphatic carbocycles. The molecule has 4 saturated heterocycles. The van der Waals surface area contributed by atoms with Gasteiger partial charge in [-0.1, -0.05) is 25.3 Å². The van der Waals surface area contributed by atoms with Crippen molar-refractivity contribution < 1.29 is 22.7 Å². The molecule has 296 valence electrons. The molecule has 4 aromatic rings. The van der Waals surface area contributed by atoms with Gasteiger partial charge < -0.3 is 24.3 Å². The smallest absolute Gasteiger partial charge is 0.422 e. The van der Waals surface area contributed by atoms with E-state index in [1.165, 1.54) is 44.8 Å². The first-order valence-electron chi connectivity index (χ1n) is 20.3. The van der Waals surface area contributed by atoms with Crippen LogP contribution in [0.1, 0.15) is 74.2 Å². The number of carbonyl (C=O) groups is 1. The number of aryl methyl sites for hydroxylation is 1. The zero-order valence-electron chi connectivity index (χ0n) is 32.2. The van der Waals surface area contributed by atoms with Crippen LogP contribution in [0.25, 0.3) is 39.0 Å². The lowest BCUT2D eigenvalue weighted by Gasteiger charge is -2.54. The minimum Gasteiger partial charge on any atom is -0.481 e. The van der Waals surface area contributed by atoms with Gasteiger partial charge in [-0.25, -0.2) is 9.97 Å². The third-order valence-electron chi connectivity index (χ3n) is 13.3. The van der Waals surface area contributed by atoms with Crippen molar-refractivity contribution in [3.63, 3.8) is 0 Å². The number of hydrogen-bond acceptors (Lipinski definition) is 8. The number of ether oxygens (including phenoxy) is 1. The number of nitrogens with one attached hydrogen (secondary N) is 1. The Balaban J connectivity index is 1.11.